The van der Waals surface area contributed by atoms with Crippen molar-refractivity contribution < 1.29 is 4.79 Å². The SMILES string of the molecule is CCN(C(=O)c1cc(NCCC(C)C)ccn1)c1ccccc1. The Labute approximate surface area is 138 Å². The van der Waals surface area contributed by atoms with Crippen LogP contribution in [-0.4, -0.2) is 24.0 Å². The molecule has 2 rings (SSSR count). The minimum atomic E-state index is -0.0776. The van der Waals surface area contributed by atoms with E-state index in [1.807, 2.05) is 49.4 Å². The number of hydrogen-bond acceptors (Lipinski definition) is 3. The van der Waals surface area contributed by atoms with E-state index in [0.29, 0.717) is 18.2 Å². The maximum atomic E-state index is 12.7. The average molecular weight is 311 g/mol. The van der Waals surface area contributed by atoms with Crippen molar-refractivity contribution in [2.75, 3.05) is 23.3 Å². The van der Waals surface area contributed by atoms with E-state index in [1.165, 1.54) is 0 Å². The molecule has 0 bridgehead atoms. The number of aromatic nitrogens is 1. The molecule has 1 aromatic carbocycles. The van der Waals surface area contributed by atoms with Gasteiger partial charge in [0.05, 0.1) is 0 Å². The number of amides is 1. The van der Waals surface area contributed by atoms with Crippen LogP contribution in [0.1, 0.15) is 37.7 Å². The van der Waals surface area contributed by atoms with Crippen LogP contribution in [-0.2, 0) is 0 Å². The van der Waals surface area contributed by atoms with Crippen LogP contribution in [0.4, 0.5) is 11.4 Å². The maximum Gasteiger partial charge on any atom is 0.276 e. The maximum absolute atomic E-state index is 12.7. The molecule has 1 amide bonds. The molecule has 122 valence electrons. The van der Waals surface area contributed by atoms with E-state index in [2.05, 4.69) is 24.1 Å². The first-order valence-electron chi connectivity index (χ1n) is 8.18. The van der Waals surface area contributed by atoms with Gasteiger partial charge in [-0.3, -0.25) is 9.78 Å². The monoisotopic (exact) mass is 311 g/mol. The smallest absolute Gasteiger partial charge is 0.276 e. The van der Waals surface area contributed by atoms with E-state index in [-0.39, 0.29) is 5.91 Å². The van der Waals surface area contributed by atoms with Gasteiger partial charge in [0.25, 0.3) is 5.91 Å². The second-order valence-electron chi connectivity index (χ2n) is 5.92. The number of nitrogens with one attached hydrogen (secondary N) is 1. The molecule has 0 aliphatic heterocycles. The van der Waals surface area contributed by atoms with Crippen molar-refractivity contribution in [3.63, 3.8) is 0 Å². The third-order valence-corrected chi connectivity index (χ3v) is 3.66. The molecule has 4 nitrogen and oxygen atoms in total. The minimum absolute atomic E-state index is 0.0776. The van der Waals surface area contributed by atoms with Gasteiger partial charge in [-0.2, -0.15) is 0 Å². The highest BCUT2D eigenvalue weighted by Gasteiger charge is 2.17. The van der Waals surface area contributed by atoms with Crippen molar-refractivity contribution in [1.29, 1.82) is 0 Å². The first-order chi connectivity index (χ1) is 11.1. The molecule has 0 unspecified atom stereocenters. The predicted molar refractivity (Wildman–Crippen MR) is 96.0 cm³/mol. The van der Waals surface area contributed by atoms with Gasteiger partial charge < -0.3 is 10.2 Å². The van der Waals surface area contributed by atoms with Crippen molar-refractivity contribution in [2.45, 2.75) is 27.2 Å². The molecule has 0 atom stereocenters. The number of carbonyl (C=O) groups excluding carboxylic acids is 1. The van der Waals surface area contributed by atoms with Gasteiger partial charge in [-0.15, -0.1) is 0 Å². The van der Waals surface area contributed by atoms with Crippen molar-refractivity contribution in [1.82, 2.24) is 4.98 Å². The summed E-state index contributed by atoms with van der Waals surface area (Å²) in [7, 11) is 0. The van der Waals surface area contributed by atoms with Gasteiger partial charge in [-0.1, -0.05) is 32.0 Å². The van der Waals surface area contributed by atoms with Gasteiger partial charge in [0, 0.05) is 30.7 Å². The Hall–Kier alpha value is -2.36. The Bertz CT molecular complexity index is 626. The fourth-order valence-electron chi connectivity index (χ4n) is 2.35. The van der Waals surface area contributed by atoms with Gasteiger partial charge in [-0.05, 0) is 43.5 Å². The minimum Gasteiger partial charge on any atom is -0.385 e. The van der Waals surface area contributed by atoms with Gasteiger partial charge in [-0.25, -0.2) is 0 Å². The summed E-state index contributed by atoms with van der Waals surface area (Å²) in [5.74, 6) is 0.574. The van der Waals surface area contributed by atoms with Crippen LogP contribution in [0.5, 0.6) is 0 Å². The van der Waals surface area contributed by atoms with Crippen LogP contribution >= 0.6 is 0 Å². The quantitative estimate of drug-likeness (QED) is 0.833. The average Bonchev–Trinajstić information content (AvgIpc) is 2.56. The molecule has 0 saturated heterocycles. The summed E-state index contributed by atoms with van der Waals surface area (Å²) in [6.45, 7) is 7.86. The lowest BCUT2D eigenvalue weighted by atomic mass is 10.1. The fourth-order valence-corrected chi connectivity index (χ4v) is 2.35. The van der Waals surface area contributed by atoms with Crippen molar-refractivity contribution in [2.24, 2.45) is 5.92 Å². The Morgan fingerprint density at radius 2 is 1.96 bits per heavy atom. The summed E-state index contributed by atoms with van der Waals surface area (Å²) in [5.41, 5.74) is 2.29. The summed E-state index contributed by atoms with van der Waals surface area (Å²) < 4.78 is 0. The van der Waals surface area contributed by atoms with E-state index >= 15 is 0 Å². The number of benzene rings is 1. The lowest BCUT2D eigenvalue weighted by molar-refractivity contribution is 0.0983. The third-order valence-electron chi connectivity index (χ3n) is 3.66. The molecule has 2 aromatic rings. The second kappa shape index (κ2) is 8.32. The zero-order chi connectivity index (χ0) is 16.7. The zero-order valence-corrected chi connectivity index (χ0v) is 14.1. The largest absolute Gasteiger partial charge is 0.385 e. The third kappa shape index (κ3) is 4.81. The van der Waals surface area contributed by atoms with Crippen LogP contribution in [0.2, 0.25) is 0 Å². The van der Waals surface area contributed by atoms with Crippen molar-refractivity contribution in [3.8, 4) is 0 Å². The summed E-state index contributed by atoms with van der Waals surface area (Å²) in [6.07, 6.45) is 2.78. The normalized spacial score (nSPS) is 10.6. The second-order valence-corrected chi connectivity index (χ2v) is 5.92. The highest BCUT2D eigenvalue weighted by molar-refractivity contribution is 6.05. The van der Waals surface area contributed by atoms with Gasteiger partial charge in [0.2, 0.25) is 0 Å². The topological polar surface area (TPSA) is 45.2 Å². The Morgan fingerprint density at radius 1 is 1.22 bits per heavy atom. The molecule has 0 aliphatic rings. The predicted octanol–water partition coefficient (Wildman–Crippen LogP) is 4.21. The van der Waals surface area contributed by atoms with Crippen LogP contribution in [0.15, 0.2) is 48.7 Å². The summed E-state index contributed by atoms with van der Waals surface area (Å²) in [6, 6.07) is 13.4. The molecule has 4 heteroatoms. The molecule has 1 heterocycles. The number of carbonyl (C=O) groups is 1. The number of hydrogen-bond donors (Lipinski definition) is 1. The Balaban J connectivity index is 2.12. The van der Waals surface area contributed by atoms with Crippen molar-refractivity contribution >= 4 is 17.3 Å². The van der Waals surface area contributed by atoms with Crippen LogP contribution in [0.3, 0.4) is 0 Å². The molecule has 1 N–H and O–H groups in total. The van der Waals surface area contributed by atoms with E-state index < -0.39 is 0 Å². The first-order valence-corrected chi connectivity index (χ1v) is 8.18. The molecule has 0 aliphatic carbocycles. The molecular formula is C19H25N3O. The van der Waals surface area contributed by atoms with Gasteiger partial charge in [0.1, 0.15) is 5.69 Å². The lowest BCUT2D eigenvalue weighted by Crippen LogP contribution is -2.31. The number of para-hydroxylation sites is 1. The molecule has 0 radical (unpaired) electrons. The van der Waals surface area contributed by atoms with Crippen molar-refractivity contribution in [3.05, 3.63) is 54.4 Å². The van der Waals surface area contributed by atoms with Gasteiger partial charge in [0.15, 0.2) is 0 Å². The summed E-state index contributed by atoms with van der Waals surface area (Å²) in [4.78, 5) is 18.7. The van der Waals surface area contributed by atoms with Crippen LogP contribution < -0.4 is 10.2 Å². The molecule has 23 heavy (non-hydrogen) atoms. The zero-order valence-electron chi connectivity index (χ0n) is 14.1. The van der Waals surface area contributed by atoms with E-state index in [9.17, 15) is 4.79 Å². The van der Waals surface area contributed by atoms with E-state index in [0.717, 1.165) is 24.3 Å². The van der Waals surface area contributed by atoms with E-state index in [4.69, 9.17) is 0 Å². The summed E-state index contributed by atoms with van der Waals surface area (Å²) >= 11 is 0. The molecule has 1 aromatic heterocycles. The van der Waals surface area contributed by atoms with Crippen LogP contribution in [0, 0.1) is 5.92 Å². The molecule has 0 fully saturated rings. The number of nitrogens with zero attached hydrogens (tertiary/aromatic N) is 2. The number of anilines is 2. The first kappa shape index (κ1) is 17.0. The highest BCUT2D eigenvalue weighted by atomic mass is 16.2. The Morgan fingerprint density at radius 3 is 2.61 bits per heavy atom. The Kier molecular flexibility index (Phi) is 6.15. The van der Waals surface area contributed by atoms with E-state index in [1.54, 1.807) is 11.1 Å². The standard InChI is InChI=1S/C19H25N3O/c1-4-22(17-8-6-5-7-9-17)19(23)18-14-16(11-13-21-18)20-12-10-15(2)3/h5-9,11,13-15H,4,10,12H2,1-3H3,(H,20,21). The number of rotatable bonds is 7. The highest BCUT2D eigenvalue weighted by Crippen LogP contribution is 2.17. The summed E-state index contributed by atoms with van der Waals surface area (Å²) in [5, 5.41) is 3.36. The fraction of sp³-hybridized carbons (Fsp3) is 0.368. The molecular weight excluding hydrogens is 286 g/mol. The number of pyridine rings is 1. The van der Waals surface area contributed by atoms with Crippen LogP contribution in [0.25, 0.3) is 0 Å². The lowest BCUT2D eigenvalue weighted by Gasteiger charge is -2.20. The van der Waals surface area contributed by atoms with Gasteiger partial charge >= 0.3 is 0 Å². The molecule has 0 saturated carbocycles. The molecule has 0 spiro atoms.